The van der Waals surface area contributed by atoms with Crippen LogP contribution in [0.15, 0.2) is 24.3 Å². The summed E-state index contributed by atoms with van der Waals surface area (Å²) < 4.78 is 0. The van der Waals surface area contributed by atoms with Crippen molar-refractivity contribution < 1.29 is 5.11 Å². The van der Waals surface area contributed by atoms with Gasteiger partial charge in [-0.25, -0.2) is 0 Å². The number of aliphatic hydroxyl groups is 1. The molecule has 0 aliphatic heterocycles. The summed E-state index contributed by atoms with van der Waals surface area (Å²) >= 11 is 0. The van der Waals surface area contributed by atoms with Crippen molar-refractivity contribution in [3.8, 4) is 0 Å². The molecular formula is C13H20O. The Balaban J connectivity index is 2.57. The molecule has 1 nitrogen and oxygen atoms in total. The van der Waals surface area contributed by atoms with Gasteiger partial charge in [-0.15, -0.1) is 0 Å². The van der Waals surface area contributed by atoms with Gasteiger partial charge in [-0.05, 0) is 31.2 Å². The summed E-state index contributed by atoms with van der Waals surface area (Å²) in [5.74, 6) is 0.432. The van der Waals surface area contributed by atoms with Crippen molar-refractivity contribution in [2.24, 2.45) is 5.92 Å². The SMILES string of the molecule is CCCC(CO)Cc1cccc(C)c1. The van der Waals surface area contributed by atoms with E-state index in [1.54, 1.807) is 0 Å². The Bertz CT molecular complexity index is 268. The molecule has 1 aromatic rings. The van der Waals surface area contributed by atoms with Gasteiger partial charge in [0, 0.05) is 6.61 Å². The van der Waals surface area contributed by atoms with Crippen LogP contribution in [0.1, 0.15) is 30.9 Å². The molecule has 0 saturated carbocycles. The third-order valence-electron chi connectivity index (χ3n) is 2.56. The van der Waals surface area contributed by atoms with Gasteiger partial charge in [-0.3, -0.25) is 0 Å². The predicted molar refractivity (Wildman–Crippen MR) is 60.4 cm³/mol. The van der Waals surface area contributed by atoms with Crippen LogP contribution in [0.2, 0.25) is 0 Å². The summed E-state index contributed by atoms with van der Waals surface area (Å²) in [6.45, 7) is 4.58. The number of rotatable bonds is 5. The van der Waals surface area contributed by atoms with E-state index in [9.17, 15) is 5.11 Å². The zero-order valence-electron chi connectivity index (χ0n) is 9.16. The second-order valence-corrected chi connectivity index (χ2v) is 4.03. The number of aryl methyl sites for hydroxylation is 1. The Morgan fingerprint density at radius 3 is 2.71 bits per heavy atom. The minimum Gasteiger partial charge on any atom is -0.396 e. The lowest BCUT2D eigenvalue weighted by atomic mass is 9.95. The van der Waals surface area contributed by atoms with Gasteiger partial charge in [0.2, 0.25) is 0 Å². The molecule has 0 spiro atoms. The number of hydrogen-bond acceptors (Lipinski definition) is 1. The van der Waals surface area contributed by atoms with E-state index < -0.39 is 0 Å². The van der Waals surface area contributed by atoms with Crippen molar-refractivity contribution in [3.63, 3.8) is 0 Å². The van der Waals surface area contributed by atoms with Crippen LogP contribution in [0, 0.1) is 12.8 Å². The van der Waals surface area contributed by atoms with Crippen molar-refractivity contribution in [1.82, 2.24) is 0 Å². The van der Waals surface area contributed by atoms with Gasteiger partial charge in [-0.1, -0.05) is 43.2 Å². The Hall–Kier alpha value is -0.820. The van der Waals surface area contributed by atoms with Crippen LogP contribution in [0.3, 0.4) is 0 Å². The second-order valence-electron chi connectivity index (χ2n) is 4.03. The number of hydrogen-bond donors (Lipinski definition) is 1. The van der Waals surface area contributed by atoms with Crippen LogP contribution in [-0.2, 0) is 6.42 Å². The van der Waals surface area contributed by atoms with E-state index >= 15 is 0 Å². The fraction of sp³-hybridized carbons (Fsp3) is 0.538. The van der Waals surface area contributed by atoms with E-state index in [4.69, 9.17) is 0 Å². The highest BCUT2D eigenvalue weighted by atomic mass is 16.3. The van der Waals surface area contributed by atoms with Crippen LogP contribution in [0.5, 0.6) is 0 Å². The Labute approximate surface area is 86.8 Å². The largest absolute Gasteiger partial charge is 0.396 e. The highest BCUT2D eigenvalue weighted by Crippen LogP contribution is 2.14. The Morgan fingerprint density at radius 1 is 1.36 bits per heavy atom. The van der Waals surface area contributed by atoms with Crippen LogP contribution in [0.4, 0.5) is 0 Å². The first kappa shape index (κ1) is 11.3. The minimum absolute atomic E-state index is 0.307. The van der Waals surface area contributed by atoms with E-state index in [2.05, 4.69) is 38.1 Å². The molecule has 1 unspecified atom stereocenters. The average Bonchev–Trinajstić information content (AvgIpc) is 2.17. The fourth-order valence-corrected chi connectivity index (χ4v) is 1.84. The predicted octanol–water partition coefficient (Wildman–Crippen LogP) is 2.95. The van der Waals surface area contributed by atoms with Gasteiger partial charge >= 0.3 is 0 Å². The van der Waals surface area contributed by atoms with Crippen molar-refractivity contribution in [3.05, 3.63) is 35.4 Å². The fourth-order valence-electron chi connectivity index (χ4n) is 1.84. The van der Waals surface area contributed by atoms with Gasteiger partial charge in [-0.2, -0.15) is 0 Å². The lowest BCUT2D eigenvalue weighted by Crippen LogP contribution is -2.09. The van der Waals surface area contributed by atoms with E-state index in [0.29, 0.717) is 12.5 Å². The molecule has 1 rings (SSSR count). The molecule has 0 amide bonds. The summed E-state index contributed by atoms with van der Waals surface area (Å²) in [4.78, 5) is 0. The van der Waals surface area contributed by atoms with E-state index in [0.717, 1.165) is 19.3 Å². The quantitative estimate of drug-likeness (QED) is 0.760. The van der Waals surface area contributed by atoms with E-state index in [1.165, 1.54) is 11.1 Å². The lowest BCUT2D eigenvalue weighted by molar-refractivity contribution is 0.217. The first-order valence-electron chi connectivity index (χ1n) is 5.42. The van der Waals surface area contributed by atoms with E-state index in [1.807, 2.05) is 0 Å². The van der Waals surface area contributed by atoms with Crippen molar-refractivity contribution in [2.75, 3.05) is 6.61 Å². The monoisotopic (exact) mass is 192 g/mol. The van der Waals surface area contributed by atoms with Crippen LogP contribution < -0.4 is 0 Å². The van der Waals surface area contributed by atoms with Crippen molar-refractivity contribution >= 4 is 0 Å². The average molecular weight is 192 g/mol. The van der Waals surface area contributed by atoms with Gasteiger partial charge < -0.3 is 5.11 Å². The molecule has 1 heteroatoms. The summed E-state index contributed by atoms with van der Waals surface area (Å²) in [5.41, 5.74) is 2.65. The normalized spacial score (nSPS) is 12.8. The molecule has 0 heterocycles. The smallest absolute Gasteiger partial charge is 0.0462 e. The minimum atomic E-state index is 0.307. The lowest BCUT2D eigenvalue weighted by Gasteiger charge is -2.13. The molecule has 0 bridgehead atoms. The number of benzene rings is 1. The molecule has 78 valence electrons. The van der Waals surface area contributed by atoms with Crippen molar-refractivity contribution in [1.29, 1.82) is 0 Å². The molecule has 0 fully saturated rings. The maximum atomic E-state index is 9.19. The van der Waals surface area contributed by atoms with Crippen LogP contribution in [-0.4, -0.2) is 11.7 Å². The Kier molecular flexibility index (Phi) is 4.68. The Morgan fingerprint density at radius 2 is 2.14 bits per heavy atom. The van der Waals surface area contributed by atoms with Gasteiger partial charge in [0.25, 0.3) is 0 Å². The van der Waals surface area contributed by atoms with Gasteiger partial charge in [0.05, 0.1) is 0 Å². The summed E-state index contributed by atoms with van der Waals surface area (Å²) in [6.07, 6.45) is 3.27. The highest BCUT2D eigenvalue weighted by molar-refractivity contribution is 5.22. The zero-order chi connectivity index (χ0) is 10.4. The summed E-state index contributed by atoms with van der Waals surface area (Å²) in [5, 5.41) is 9.19. The molecule has 0 aromatic heterocycles. The van der Waals surface area contributed by atoms with Crippen LogP contribution >= 0.6 is 0 Å². The first-order valence-corrected chi connectivity index (χ1v) is 5.42. The van der Waals surface area contributed by atoms with Crippen LogP contribution in [0.25, 0.3) is 0 Å². The molecule has 0 radical (unpaired) electrons. The molecular weight excluding hydrogens is 172 g/mol. The van der Waals surface area contributed by atoms with Gasteiger partial charge in [0.1, 0.15) is 0 Å². The first-order chi connectivity index (χ1) is 6.76. The molecule has 0 saturated heterocycles. The second kappa shape index (κ2) is 5.82. The zero-order valence-corrected chi connectivity index (χ0v) is 9.16. The third kappa shape index (κ3) is 3.51. The van der Waals surface area contributed by atoms with Gasteiger partial charge in [0.15, 0.2) is 0 Å². The summed E-state index contributed by atoms with van der Waals surface area (Å²) in [7, 11) is 0. The molecule has 1 aromatic carbocycles. The molecule has 1 atom stereocenters. The molecule has 14 heavy (non-hydrogen) atoms. The maximum absolute atomic E-state index is 9.19. The third-order valence-corrected chi connectivity index (χ3v) is 2.56. The summed E-state index contributed by atoms with van der Waals surface area (Å²) in [6, 6.07) is 8.55. The topological polar surface area (TPSA) is 20.2 Å². The highest BCUT2D eigenvalue weighted by Gasteiger charge is 2.06. The van der Waals surface area contributed by atoms with Crippen molar-refractivity contribution in [2.45, 2.75) is 33.1 Å². The molecule has 0 aliphatic carbocycles. The standard InChI is InChI=1S/C13H20O/c1-3-5-13(10-14)9-12-7-4-6-11(2)8-12/h4,6-8,13-14H,3,5,9-10H2,1-2H3. The molecule has 1 N–H and O–H groups in total. The molecule has 0 aliphatic rings. The number of aliphatic hydroxyl groups excluding tert-OH is 1. The maximum Gasteiger partial charge on any atom is 0.0462 e. The van der Waals surface area contributed by atoms with E-state index in [-0.39, 0.29) is 0 Å².